The van der Waals surface area contributed by atoms with Gasteiger partial charge in [0, 0.05) is 19.1 Å². The Balaban J connectivity index is 2.17. The maximum atomic E-state index is 14.4. The van der Waals surface area contributed by atoms with E-state index in [1.165, 1.54) is 0 Å². The van der Waals surface area contributed by atoms with Crippen molar-refractivity contribution >= 4 is 5.69 Å². The molecule has 0 amide bonds. The Hall–Kier alpha value is -1.09. The fourth-order valence-electron chi connectivity index (χ4n) is 3.26. The molecule has 1 heterocycles. The predicted molar refractivity (Wildman–Crippen MR) is 88.2 cm³/mol. The van der Waals surface area contributed by atoms with Gasteiger partial charge in [0.05, 0.1) is 5.69 Å². The van der Waals surface area contributed by atoms with Crippen molar-refractivity contribution in [2.45, 2.75) is 53.1 Å². The van der Waals surface area contributed by atoms with E-state index in [2.05, 4.69) is 44.0 Å². The molecule has 2 atom stereocenters. The largest absolute Gasteiger partial charge is 0.366 e. The van der Waals surface area contributed by atoms with Crippen molar-refractivity contribution in [3.63, 3.8) is 0 Å². The summed E-state index contributed by atoms with van der Waals surface area (Å²) >= 11 is 0. The van der Waals surface area contributed by atoms with Gasteiger partial charge in [-0.1, -0.05) is 32.9 Å². The van der Waals surface area contributed by atoms with Gasteiger partial charge in [-0.25, -0.2) is 4.39 Å². The lowest BCUT2D eigenvalue weighted by Crippen LogP contribution is -2.41. The van der Waals surface area contributed by atoms with Crippen molar-refractivity contribution in [3.8, 4) is 0 Å². The summed E-state index contributed by atoms with van der Waals surface area (Å²) in [5.41, 5.74) is 1.89. The van der Waals surface area contributed by atoms with Crippen LogP contribution < -0.4 is 10.2 Å². The minimum absolute atomic E-state index is 0.0831. The fraction of sp³-hybridized carbons (Fsp3) is 0.667. The zero-order valence-electron chi connectivity index (χ0n) is 13.8. The molecule has 3 heteroatoms. The Morgan fingerprint density at radius 1 is 1.33 bits per heavy atom. The molecule has 1 N–H and O–H groups in total. The van der Waals surface area contributed by atoms with Crippen molar-refractivity contribution in [1.29, 1.82) is 0 Å². The summed E-state index contributed by atoms with van der Waals surface area (Å²) in [5.74, 6) is 1.27. The second-order valence-electron chi connectivity index (χ2n) is 6.94. The molecule has 2 nitrogen and oxygen atoms in total. The highest BCUT2D eigenvalue weighted by atomic mass is 19.1. The van der Waals surface area contributed by atoms with E-state index in [0.717, 1.165) is 49.6 Å². The summed E-state index contributed by atoms with van der Waals surface area (Å²) in [7, 11) is 0. The Morgan fingerprint density at radius 3 is 2.76 bits per heavy atom. The standard InChI is InChI=1S/C18H29FN2/c1-13(2)11-20-12-16-6-5-7-17(19)18(16)21-9-8-14(3)10-15(21)4/h5-7,13-15,20H,8-12H2,1-4H3. The van der Waals surface area contributed by atoms with E-state index in [4.69, 9.17) is 0 Å². The molecule has 1 aliphatic rings. The topological polar surface area (TPSA) is 15.3 Å². The first-order valence-electron chi connectivity index (χ1n) is 8.23. The van der Waals surface area contributed by atoms with Gasteiger partial charge in [-0.15, -0.1) is 0 Å². The van der Waals surface area contributed by atoms with Gasteiger partial charge in [0.25, 0.3) is 0 Å². The van der Waals surface area contributed by atoms with E-state index in [0.29, 0.717) is 12.0 Å². The van der Waals surface area contributed by atoms with Crippen LogP contribution in [0.2, 0.25) is 0 Å². The molecule has 0 aromatic heterocycles. The fourth-order valence-corrected chi connectivity index (χ4v) is 3.26. The number of hydrogen-bond donors (Lipinski definition) is 1. The highest BCUT2D eigenvalue weighted by Crippen LogP contribution is 2.32. The molecule has 0 saturated carbocycles. The molecule has 118 valence electrons. The van der Waals surface area contributed by atoms with E-state index in [1.54, 1.807) is 6.07 Å². The summed E-state index contributed by atoms with van der Waals surface area (Å²) < 4.78 is 14.4. The third-order valence-electron chi connectivity index (χ3n) is 4.36. The molecule has 0 aliphatic carbocycles. The van der Waals surface area contributed by atoms with Crippen LogP contribution in [-0.2, 0) is 6.54 Å². The third-order valence-corrected chi connectivity index (χ3v) is 4.36. The van der Waals surface area contributed by atoms with E-state index < -0.39 is 0 Å². The molecule has 21 heavy (non-hydrogen) atoms. The quantitative estimate of drug-likeness (QED) is 0.875. The van der Waals surface area contributed by atoms with Gasteiger partial charge in [-0.3, -0.25) is 0 Å². The Labute approximate surface area is 128 Å². The summed E-state index contributed by atoms with van der Waals surface area (Å²) in [6, 6.07) is 5.87. The van der Waals surface area contributed by atoms with Gasteiger partial charge in [-0.05, 0) is 49.8 Å². The number of nitrogens with one attached hydrogen (secondary N) is 1. The van der Waals surface area contributed by atoms with Crippen LogP contribution >= 0.6 is 0 Å². The summed E-state index contributed by atoms with van der Waals surface area (Å²) in [6.07, 6.45) is 2.30. The lowest BCUT2D eigenvalue weighted by Gasteiger charge is -2.39. The summed E-state index contributed by atoms with van der Waals surface area (Å²) in [5, 5.41) is 3.44. The van der Waals surface area contributed by atoms with Crippen LogP contribution in [0.25, 0.3) is 0 Å². The molecule has 1 aromatic carbocycles. The highest BCUT2D eigenvalue weighted by Gasteiger charge is 2.26. The molecular weight excluding hydrogens is 263 g/mol. The van der Waals surface area contributed by atoms with Crippen LogP contribution in [0.15, 0.2) is 18.2 Å². The van der Waals surface area contributed by atoms with Crippen molar-refractivity contribution < 1.29 is 4.39 Å². The number of anilines is 1. The normalized spacial score (nSPS) is 22.9. The van der Waals surface area contributed by atoms with E-state index in [1.807, 2.05) is 6.07 Å². The SMILES string of the molecule is CC(C)CNCc1cccc(F)c1N1CCC(C)CC1C. The van der Waals surface area contributed by atoms with Crippen molar-refractivity contribution in [2.24, 2.45) is 11.8 Å². The molecule has 1 saturated heterocycles. The molecule has 0 bridgehead atoms. The average Bonchev–Trinajstić information content (AvgIpc) is 2.40. The molecule has 0 spiro atoms. The van der Waals surface area contributed by atoms with Gasteiger partial charge in [-0.2, -0.15) is 0 Å². The molecule has 1 aliphatic heterocycles. The zero-order chi connectivity index (χ0) is 15.4. The number of hydrogen-bond acceptors (Lipinski definition) is 2. The molecule has 0 radical (unpaired) electrons. The number of rotatable bonds is 5. The van der Waals surface area contributed by atoms with Crippen LogP contribution in [0.4, 0.5) is 10.1 Å². The van der Waals surface area contributed by atoms with Crippen LogP contribution in [0.3, 0.4) is 0 Å². The van der Waals surface area contributed by atoms with Crippen LogP contribution in [-0.4, -0.2) is 19.1 Å². The van der Waals surface area contributed by atoms with Crippen LogP contribution in [0.1, 0.15) is 46.1 Å². The van der Waals surface area contributed by atoms with Gasteiger partial charge in [0.2, 0.25) is 0 Å². The molecule has 2 unspecified atom stereocenters. The Kier molecular flexibility index (Phi) is 5.63. The first kappa shape index (κ1) is 16.3. The first-order chi connectivity index (χ1) is 9.99. The second kappa shape index (κ2) is 7.26. The van der Waals surface area contributed by atoms with Gasteiger partial charge >= 0.3 is 0 Å². The van der Waals surface area contributed by atoms with Crippen LogP contribution in [0, 0.1) is 17.7 Å². The first-order valence-corrected chi connectivity index (χ1v) is 8.23. The Morgan fingerprint density at radius 2 is 2.10 bits per heavy atom. The maximum absolute atomic E-state index is 14.4. The van der Waals surface area contributed by atoms with Gasteiger partial charge in [0.15, 0.2) is 0 Å². The minimum atomic E-state index is -0.0831. The number of halogens is 1. The maximum Gasteiger partial charge on any atom is 0.146 e. The van der Waals surface area contributed by atoms with E-state index in [9.17, 15) is 4.39 Å². The minimum Gasteiger partial charge on any atom is -0.366 e. The lowest BCUT2D eigenvalue weighted by molar-refractivity contribution is 0.374. The van der Waals surface area contributed by atoms with Crippen LogP contribution in [0.5, 0.6) is 0 Å². The van der Waals surface area contributed by atoms with Crippen molar-refractivity contribution in [2.75, 3.05) is 18.0 Å². The molecule has 1 fully saturated rings. The zero-order valence-corrected chi connectivity index (χ0v) is 13.8. The smallest absolute Gasteiger partial charge is 0.146 e. The second-order valence-corrected chi connectivity index (χ2v) is 6.94. The van der Waals surface area contributed by atoms with Gasteiger partial charge in [0.1, 0.15) is 5.82 Å². The molecular formula is C18H29FN2. The number of piperidine rings is 1. The predicted octanol–water partition coefficient (Wildman–Crippen LogP) is 4.20. The lowest BCUT2D eigenvalue weighted by atomic mass is 9.92. The average molecular weight is 292 g/mol. The monoisotopic (exact) mass is 292 g/mol. The highest BCUT2D eigenvalue weighted by molar-refractivity contribution is 5.56. The van der Waals surface area contributed by atoms with Crippen molar-refractivity contribution in [1.82, 2.24) is 5.32 Å². The molecule has 2 rings (SSSR count). The Bertz CT molecular complexity index is 459. The third kappa shape index (κ3) is 4.19. The summed E-state index contributed by atoms with van der Waals surface area (Å²) in [6.45, 7) is 11.5. The van der Waals surface area contributed by atoms with E-state index >= 15 is 0 Å². The number of para-hydroxylation sites is 1. The van der Waals surface area contributed by atoms with E-state index in [-0.39, 0.29) is 5.82 Å². The van der Waals surface area contributed by atoms with Gasteiger partial charge < -0.3 is 10.2 Å². The van der Waals surface area contributed by atoms with Crippen molar-refractivity contribution in [3.05, 3.63) is 29.6 Å². The molecule has 1 aromatic rings. The number of nitrogens with zero attached hydrogens (tertiary/aromatic N) is 1. The summed E-state index contributed by atoms with van der Waals surface area (Å²) in [4.78, 5) is 2.27. The number of benzene rings is 1.